The highest BCUT2D eigenvalue weighted by atomic mass is 32.1. The number of rotatable bonds is 9. The van der Waals surface area contributed by atoms with E-state index in [0.29, 0.717) is 12.1 Å². The average molecular weight is 404 g/mol. The fourth-order valence-electron chi connectivity index (χ4n) is 2.68. The lowest BCUT2D eigenvalue weighted by molar-refractivity contribution is -0.151. The van der Waals surface area contributed by atoms with Crippen molar-refractivity contribution in [2.45, 2.75) is 33.2 Å². The van der Waals surface area contributed by atoms with Crippen LogP contribution in [0.3, 0.4) is 0 Å². The Morgan fingerprint density at radius 2 is 1.75 bits per heavy atom. The van der Waals surface area contributed by atoms with Crippen molar-refractivity contribution in [2.24, 2.45) is 0 Å². The molecule has 6 nitrogen and oxygen atoms in total. The van der Waals surface area contributed by atoms with E-state index in [0.717, 1.165) is 21.1 Å². The van der Waals surface area contributed by atoms with Gasteiger partial charge >= 0.3 is 5.97 Å². The number of hydrogen-bond acceptors (Lipinski definition) is 6. The van der Waals surface area contributed by atoms with Crippen LogP contribution in [0.5, 0.6) is 5.75 Å². The zero-order chi connectivity index (χ0) is 20.7. The second-order valence-corrected chi connectivity index (χ2v) is 7.97. The molecule has 28 heavy (non-hydrogen) atoms. The molecule has 0 spiro atoms. The van der Waals surface area contributed by atoms with Gasteiger partial charge in [0.1, 0.15) is 5.75 Å². The normalized spacial score (nSPS) is 10.4. The van der Waals surface area contributed by atoms with Crippen molar-refractivity contribution in [3.8, 4) is 5.75 Å². The quantitative estimate of drug-likeness (QED) is 0.473. The molecule has 0 radical (unpaired) electrons. The third-order valence-electron chi connectivity index (χ3n) is 4.26. The van der Waals surface area contributed by atoms with Gasteiger partial charge in [-0.3, -0.25) is 14.4 Å². The summed E-state index contributed by atoms with van der Waals surface area (Å²) in [7, 11) is 3.24. The molecule has 2 aromatic rings. The van der Waals surface area contributed by atoms with E-state index in [9.17, 15) is 14.4 Å². The molecular weight excluding hydrogens is 378 g/mol. The van der Waals surface area contributed by atoms with Gasteiger partial charge < -0.3 is 14.4 Å². The van der Waals surface area contributed by atoms with Gasteiger partial charge in [-0.25, -0.2) is 0 Å². The van der Waals surface area contributed by atoms with E-state index in [1.165, 1.54) is 4.90 Å². The molecular formula is C21H25NO5S. The Morgan fingerprint density at radius 3 is 2.32 bits per heavy atom. The molecule has 1 aromatic heterocycles. The summed E-state index contributed by atoms with van der Waals surface area (Å²) in [6.07, 6.45) is 0.0361. The fourth-order valence-corrected chi connectivity index (χ4v) is 3.62. The SMILES string of the molecule is COc1ccc(CN(C)C(=O)COC(=O)CCC(=O)c2cc(C)sc2C)cc1. The fraction of sp³-hybridized carbons (Fsp3) is 0.381. The molecule has 0 aliphatic heterocycles. The number of amides is 1. The second kappa shape index (κ2) is 10.0. The number of esters is 1. The molecule has 1 amide bonds. The maximum atomic E-state index is 12.2. The Labute approximate surface area is 169 Å². The number of nitrogens with zero attached hydrogens (tertiary/aromatic N) is 1. The van der Waals surface area contributed by atoms with Crippen LogP contribution in [0.2, 0.25) is 0 Å². The van der Waals surface area contributed by atoms with Crippen LogP contribution in [0.1, 0.15) is 38.5 Å². The lowest BCUT2D eigenvalue weighted by Crippen LogP contribution is -2.30. The Hall–Kier alpha value is -2.67. The lowest BCUT2D eigenvalue weighted by atomic mass is 10.1. The van der Waals surface area contributed by atoms with Crippen molar-refractivity contribution < 1.29 is 23.9 Å². The van der Waals surface area contributed by atoms with Crippen LogP contribution in [0.25, 0.3) is 0 Å². The predicted molar refractivity (Wildman–Crippen MR) is 108 cm³/mol. The molecule has 0 bridgehead atoms. The van der Waals surface area contributed by atoms with Crippen molar-refractivity contribution in [3.63, 3.8) is 0 Å². The van der Waals surface area contributed by atoms with Gasteiger partial charge in [-0.05, 0) is 37.6 Å². The monoisotopic (exact) mass is 403 g/mol. The number of thiophene rings is 1. The number of hydrogen-bond donors (Lipinski definition) is 0. The summed E-state index contributed by atoms with van der Waals surface area (Å²) in [6, 6.07) is 9.22. The van der Waals surface area contributed by atoms with Gasteiger partial charge in [0.2, 0.25) is 0 Å². The molecule has 0 atom stereocenters. The van der Waals surface area contributed by atoms with Gasteiger partial charge in [-0.15, -0.1) is 11.3 Å². The minimum atomic E-state index is -0.552. The number of aryl methyl sites for hydroxylation is 2. The summed E-state index contributed by atoms with van der Waals surface area (Å²) in [5, 5.41) is 0. The van der Waals surface area contributed by atoms with E-state index in [4.69, 9.17) is 9.47 Å². The van der Waals surface area contributed by atoms with Crippen LogP contribution >= 0.6 is 11.3 Å². The highest BCUT2D eigenvalue weighted by Crippen LogP contribution is 2.22. The van der Waals surface area contributed by atoms with Crippen LogP contribution < -0.4 is 4.74 Å². The van der Waals surface area contributed by atoms with E-state index in [1.54, 1.807) is 25.5 Å². The molecule has 0 N–H and O–H groups in total. The van der Waals surface area contributed by atoms with E-state index in [2.05, 4.69) is 0 Å². The third-order valence-corrected chi connectivity index (χ3v) is 5.22. The van der Waals surface area contributed by atoms with E-state index in [-0.39, 0.29) is 31.1 Å². The summed E-state index contributed by atoms with van der Waals surface area (Å²) < 4.78 is 10.1. The van der Waals surface area contributed by atoms with Crippen molar-refractivity contribution >= 4 is 29.0 Å². The van der Waals surface area contributed by atoms with Gasteiger partial charge in [0.15, 0.2) is 12.4 Å². The summed E-state index contributed by atoms with van der Waals surface area (Å²) in [4.78, 5) is 39.7. The molecule has 0 fully saturated rings. The van der Waals surface area contributed by atoms with Gasteiger partial charge in [0.05, 0.1) is 13.5 Å². The smallest absolute Gasteiger partial charge is 0.306 e. The third kappa shape index (κ3) is 6.20. The number of benzene rings is 1. The Morgan fingerprint density at radius 1 is 1.07 bits per heavy atom. The first-order valence-electron chi connectivity index (χ1n) is 8.93. The molecule has 0 saturated carbocycles. The number of carbonyl (C=O) groups excluding carboxylic acids is 3. The number of methoxy groups -OCH3 is 1. The van der Waals surface area contributed by atoms with Crippen molar-refractivity contribution in [1.82, 2.24) is 4.90 Å². The number of carbonyl (C=O) groups is 3. The van der Waals surface area contributed by atoms with Crippen LogP contribution in [-0.4, -0.2) is 43.3 Å². The van der Waals surface area contributed by atoms with Crippen LogP contribution in [0.4, 0.5) is 0 Å². The van der Waals surface area contributed by atoms with Crippen molar-refractivity contribution in [1.29, 1.82) is 0 Å². The van der Waals surface area contributed by atoms with Crippen LogP contribution in [-0.2, 0) is 20.9 Å². The molecule has 0 unspecified atom stereocenters. The second-order valence-electron chi connectivity index (χ2n) is 6.51. The van der Waals surface area contributed by atoms with Crippen molar-refractivity contribution in [2.75, 3.05) is 20.8 Å². The summed E-state index contributed by atoms with van der Waals surface area (Å²) in [5.74, 6) is -0.195. The van der Waals surface area contributed by atoms with Gasteiger partial charge in [0.25, 0.3) is 5.91 Å². The first-order chi connectivity index (χ1) is 13.3. The van der Waals surface area contributed by atoms with Gasteiger partial charge in [-0.2, -0.15) is 0 Å². The zero-order valence-corrected chi connectivity index (χ0v) is 17.4. The van der Waals surface area contributed by atoms with Crippen LogP contribution in [0.15, 0.2) is 30.3 Å². The Kier molecular flexibility index (Phi) is 7.75. The summed E-state index contributed by atoms with van der Waals surface area (Å²) in [5.41, 5.74) is 1.60. The molecule has 1 aromatic carbocycles. The summed E-state index contributed by atoms with van der Waals surface area (Å²) in [6.45, 7) is 3.89. The molecule has 7 heteroatoms. The Balaban J connectivity index is 1.74. The molecule has 1 heterocycles. The van der Waals surface area contributed by atoms with Crippen molar-refractivity contribution in [3.05, 3.63) is 51.2 Å². The minimum absolute atomic E-state index is 0.0390. The molecule has 0 saturated heterocycles. The zero-order valence-electron chi connectivity index (χ0n) is 16.6. The minimum Gasteiger partial charge on any atom is -0.497 e. The predicted octanol–water partition coefficient (Wildman–Crippen LogP) is 3.54. The Bertz CT molecular complexity index is 841. The van der Waals surface area contributed by atoms with E-state index >= 15 is 0 Å². The van der Waals surface area contributed by atoms with E-state index < -0.39 is 5.97 Å². The molecule has 2 rings (SSSR count). The number of ether oxygens (including phenoxy) is 2. The molecule has 150 valence electrons. The molecule has 0 aliphatic carbocycles. The van der Waals surface area contributed by atoms with E-state index in [1.807, 2.05) is 44.2 Å². The largest absolute Gasteiger partial charge is 0.497 e. The number of likely N-dealkylation sites (N-methyl/N-ethyl adjacent to an activating group) is 1. The maximum absolute atomic E-state index is 12.2. The summed E-state index contributed by atoms with van der Waals surface area (Å²) >= 11 is 1.56. The van der Waals surface area contributed by atoms with Gasteiger partial charge in [-0.1, -0.05) is 12.1 Å². The number of Topliss-reactive ketones (excluding diaryl/α,β-unsaturated/α-hetero) is 1. The number of ketones is 1. The standard InChI is InChI=1S/C21H25NO5S/c1-14-11-18(15(2)28-14)19(23)9-10-21(25)27-13-20(24)22(3)12-16-5-7-17(26-4)8-6-16/h5-8,11H,9-10,12-13H2,1-4H3. The maximum Gasteiger partial charge on any atom is 0.306 e. The lowest BCUT2D eigenvalue weighted by Gasteiger charge is -2.17. The van der Waals surface area contributed by atoms with Gasteiger partial charge in [0, 0.05) is 35.3 Å². The van der Waals surface area contributed by atoms with Crippen LogP contribution in [0, 0.1) is 13.8 Å². The average Bonchev–Trinajstić information content (AvgIpc) is 3.02. The highest BCUT2D eigenvalue weighted by molar-refractivity contribution is 7.12. The first-order valence-corrected chi connectivity index (χ1v) is 9.74. The first kappa shape index (κ1) is 21.6. The topological polar surface area (TPSA) is 72.9 Å². The molecule has 0 aliphatic rings. The highest BCUT2D eigenvalue weighted by Gasteiger charge is 2.16.